The number of nitriles is 1. The predicted octanol–water partition coefficient (Wildman–Crippen LogP) is 3.24. The Hall–Kier alpha value is -2.57. The van der Waals surface area contributed by atoms with Crippen molar-refractivity contribution in [2.45, 2.75) is 56.1 Å². The number of benzene rings is 1. The number of carbonyl (C=O) groups is 1. The molecule has 1 saturated heterocycles. The fraction of sp³-hybridized carbons (Fsp3) is 0.565. The molecule has 2 aliphatic rings. The van der Waals surface area contributed by atoms with Gasteiger partial charge in [0.2, 0.25) is 11.9 Å². The highest BCUT2D eigenvalue weighted by Crippen LogP contribution is 2.29. The minimum atomic E-state index is -0.739. The van der Waals surface area contributed by atoms with Gasteiger partial charge in [-0.2, -0.15) is 5.26 Å². The van der Waals surface area contributed by atoms with Crippen molar-refractivity contribution in [3.8, 4) is 11.8 Å². The molecule has 0 radical (unpaired) electrons. The summed E-state index contributed by atoms with van der Waals surface area (Å²) in [5.41, 5.74) is 1.37. The fourth-order valence-corrected chi connectivity index (χ4v) is 5.09. The van der Waals surface area contributed by atoms with E-state index < -0.39 is 5.54 Å². The Balaban J connectivity index is 1.52. The number of rotatable bonds is 6. The predicted molar refractivity (Wildman–Crippen MR) is 124 cm³/mol. The van der Waals surface area contributed by atoms with E-state index in [2.05, 4.69) is 45.5 Å². The standard InChI is InChI=1S/C23H30N6O2S/c1-18-7-6-8-19(15-18)29-21(28-11-13-31-14-12-28)26-27-22(29)32-16-20(30)25-23(17-24)9-4-2-3-5-10-23/h6-8,15H,2-5,9-14,16H2,1H3,(H,25,30). The normalized spacial score (nSPS) is 18.6. The quantitative estimate of drug-likeness (QED) is 0.529. The molecule has 8 nitrogen and oxygen atoms in total. The van der Waals surface area contributed by atoms with Gasteiger partial charge < -0.3 is 15.0 Å². The van der Waals surface area contributed by atoms with Gasteiger partial charge in [0.25, 0.3) is 0 Å². The molecule has 1 aliphatic heterocycles. The first-order valence-electron chi connectivity index (χ1n) is 11.3. The second-order valence-electron chi connectivity index (χ2n) is 8.50. The molecule has 2 aromatic rings. The zero-order valence-corrected chi connectivity index (χ0v) is 19.4. The van der Waals surface area contributed by atoms with E-state index in [-0.39, 0.29) is 11.7 Å². The number of nitrogens with zero attached hydrogens (tertiary/aromatic N) is 5. The summed E-state index contributed by atoms with van der Waals surface area (Å²) in [4.78, 5) is 15.0. The number of morpholine rings is 1. The van der Waals surface area contributed by atoms with Gasteiger partial charge in [-0.15, -0.1) is 10.2 Å². The molecular formula is C23H30N6O2S. The Morgan fingerprint density at radius 3 is 2.66 bits per heavy atom. The average Bonchev–Trinajstić information content (AvgIpc) is 3.10. The summed E-state index contributed by atoms with van der Waals surface area (Å²) in [7, 11) is 0. The number of aryl methyl sites for hydroxylation is 1. The van der Waals surface area contributed by atoms with Gasteiger partial charge in [-0.3, -0.25) is 9.36 Å². The van der Waals surface area contributed by atoms with Gasteiger partial charge in [0.05, 0.1) is 30.7 Å². The van der Waals surface area contributed by atoms with Gasteiger partial charge in [-0.1, -0.05) is 49.6 Å². The molecule has 170 valence electrons. The van der Waals surface area contributed by atoms with Crippen LogP contribution in [-0.2, 0) is 9.53 Å². The van der Waals surface area contributed by atoms with Crippen LogP contribution in [0.5, 0.6) is 0 Å². The van der Waals surface area contributed by atoms with Crippen molar-refractivity contribution >= 4 is 23.6 Å². The number of amides is 1. The first-order chi connectivity index (χ1) is 15.6. The zero-order chi connectivity index (χ0) is 22.4. The fourth-order valence-electron chi connectivity index (χ4n) is 4.35. The number of hydrogen-bond donors (Lipinski definition) is 1. The summed E-state index contributed by atoms with van der Waals surface area (Å²) in [6.07, 6.45) is 5.65. The molecule has 0 bridgehead atoms. The molecule has 9 heteroatoms. The number of thioether (sulfide) groups is 1. The van der Waals surface area contributed by atoms with Crippen LogP contribution in [0.25, 0.3) is 5.69 Å². The lowest BCUT2D eigenvalue weighted by Crippen LogP contribution is -2.47. The number of ether oxygens (including phenoxy) is 1. The SMILES string of the molecule is Cc1cccc(-n2c(SCC(=O)NC3(C#N)CCCCCC3)nnc2N2CCOCC2)c1. The van der Waals surface area contributed by atoms with Crippen LogP contribution in [0, 0.1) is 18.3 Å². The van der Waals surface area contributed by atoms with Crippen molar-refractivity contribution in [3.05, 3.63) is 29.8 Å². The number of hydrogen-bond acceptors (Lipinski definition) is 7. The van der Waals surface area contributed by atoms with Crippen molar-refractivity contribution in [2.75, 3.05) is 37.0 Å². The Morgan fingerprint density at radius 2 is 1.97 bits per heavy atom. The van der Waals surface area contributed by atoms with E-state index in [9.17, 15) is 10.1 Å². The van der Waals surface area contributed by atoms with Crippen molar-refractivity contribution in [1.82, 2.24) is 20.1 Å². The molecule has 1 aromatic carbocycles. The van der Waals surface area contributed by atoms with Crippen LogP contribution in [0.2, 0.25) is 0 Å². The smallest absolute Gasteiger partial charge is 0.232 e. The number of aromatic nitrogens is 3. The summed E-state index contributed by atoms with van der Waals surface area (Å²) < 4.78 is 7.51. The minimum Gasteiger partial charge on any atom is -0.378 e. The van der Waals surface area contributed by atoms with E-state index in [1.54, 1.807) is 0 Å². The topological polar surface area (TPSA) is 96.1 Å². The van der Waals surface area contributed by atoms with E-state index in [0.717, 1.165) is 68.8 Å². The molecule has 1 N–H and O–H groups in total. The first-order valence-corrected chi connectivity index (χ1v) is 12.3. The van der Waals surface area contributed by atoms with Gasteiger partial charge in [-0.25, -0.2) is 0 Å². The summed E-state index contributed by atoms with van der Waals surface area (Å²) in [6.45, 7) is 4.86. The summed E-state index contributed by atoms with van der Waals surface area (Å²) in [5.74, 6) is 0.820. The van der Waals surface area contributed by atoms with E-state index >= 15 is 0 Å². The molecule has 0 unspecified atom stereocenters. The van der Waals surface area contributed by atoms with E-state index in [4.69, 9.17) is 4.74 Å². The molecular weight excluding hydrogens is 424 g/mol. The zero-order valence-electron chi connectivity index (χ0n) is 18.5. The van der Waals surface area contributed by atoms with Crippen LogP contribution in [-0.4, -0.2) is 58.3 Å². The second kappa shape index (κ2) is 10.4. The van der Waals surface area contributed by atoms with Crippen LogP contribution in [0.4, 0.5) is 5.95 Å². The van der Waals surface area contributed by atoms with Crippen molar-refractivity contribution in [1.29, 1.82) is 5.26 Å². The van der Waals surface area contributed by atoms with Crippen molar-refractivity contribution < 1.29 is 9.53 Å². The molecule has 1 aliphatic carbocycles. The van der Waals surface area contributed by atoms with Crippen LogP contribution >= 0.6 is 11.8 Å². The maximum atomic E-state index is 12.8. The molecule has 1 saturated carbocycles. The van der Waals surface area contributed by atoms with Gasteiger partial charge >= 0.3 is 0 Å². The molecule has 4 rings (SSSR count). The second-order valence-corrected chi connectivity index (χ2v) is 9.44. The largest absolute Gasteiger partial charge is 0.378 e. The van der Waals surface area contributed by atoms with Gasteiger partial charge in [0, 0.05) is 13.1 Å². The number of carbonyl (C=O) groups excluding carboxylic acids is 1. The molecule has 2 fully saturated rings. The Morgan fingerprint density at radius 1 is 1.22 bits per heavy atom. The number of anilines is 1. The van der Waals surface area contributed by atoms with E-state index in [1.807, 2.05) is 16.7 Å². The summed E-state index contributed by atoms with van der Waals surface area (Å²) in [5, 5.41) is 22.3. The van der Waals surface area contributed by atoms with Crippen LogP contribution in [0.3, 0.4) is 0 Å². The third kappa shape index (κ3) is 5.25. The maximum Gasteiger partial charge on any atom is 0.232 e. The van der Waals surface area contributed by atoms with Gasteiger partial charge in [0.1, 0.15) is 5.54 Å². The molecule has 1 aromatic heterocycles. The minimum absolute atomic E-state index is 0.134. The maximum absolute atomic E-state index is 12.8. The highest BCUT2D eigenvalue weighted by molar-refractivity contribution is 7.99. The monoisotopic (exact) mass is 454 g/mol. The summed E-state index contributed by atoms with van der Waals surface area (Å²) in [6, 6.07) is 10.6. The Bertz CT molecular complexity index is 971. The van der Waals surface area contributed by atoms with Crippen LogP contribution in [0.15, 0.2) is 29.4 Å². The lowest BCUT2D eigenvalue weighted by atomic mass is 9.92. The lowest BCUT2D eigenvalue weighted by molar-refractivity contribution is -0.120. The van der Waals surface area contributed by atoms with Crippen molar-refractivity contribution in [2.24, 2.45) is 0 Å². The molecule has 2 heterocycles. The third-order valence-electron chi connectivity index (χ3n) is 6.05. The third-order valence-corrected chi connectivity index (χ3v) is 6.98. The van der Waals surface area contributed by atoms with Crippen LogP contribution < -0.4 is 10.2 Å². The van der Waals surface area contributed by atoms with Gasteiger partial charge in [0.15, 0.2) is 5.16 Å². The first kappa shape index (κ1) is 22.6. The van der Waals surface area contributed by atoms with Crippen LogP contribution in [0.1, 0.15) is 44.1 Å². The van der Waals surface area contributed by atoms with Crippen molar-refractivity contribution in [3.63, 3.8) is 0 Å². The molecule has 0 spiro atoms. The molecule has 32 heavy (non-hydrogen) atoms. The Labute approximate surface area is 193 Å². The lowest BCUT2D eigenvalue weighted by Gasteiger charge is -2.28. The van der Waals surface area contributed by atoms with E-state index in [0.29, 0.717) is 18.4 Å². The highest BCUT2D eigenvalue weighted by atomic mass is 32.2. The van der Waals surface area contributed by atoms with E-state index in [1.165, 1.54) is 11.8 Å². The Kier molecular flexibility index (Phi) is 7.33. The highest BCUT2D eigenvalue weighted by Gasteiger charge is 2.32. The molecule has 0 atom stereocenters. The van der Waals surface area contributed by atoms with Gasteiger partial charge in [-0.05, 0) is 37.5 Å². The molecule has 1 amide bonds. The number of nitrogens with one attached hydrogen (secondary N) is 1. The average molecular weight is 455 g/mol. The summed E-state index contributed by atoms with van der Waals surface area (Å²) >= 11 is 1.35.